The molecule has 0 fully saturated rings. The number of aryl methyl sites for hydroxylation is 1. The average Bonchev–Trinajstić information content (AvgIpc) is 2.60. The number of nitrogens with one attached hydrogen (secondary N) is 1. The summed E-state index contributed by atoms with van der Waals surface area (Å²) in [6.07, 6.45) is 4.34. The quantitative estimate of drug-likeness (QED) is 0.772. The van der Waals surface area contributed by atoms with Crippen molar-refractivity contribution in [1.29, 1.82) is 0 Å². The second-order valence-corrected chi connectivity index (χ2v) is 5.71. The third-order valence-corrected chi connectivity index (χ3v) is 3.99. The van der Waals surface area contributed by atoms with Gasteiger partial charge in [0.15, 0.2) is 5.69 Å². The fraction of sp³-hybridized carbons (Fsp3) is 0.211. The lowest BCUT2D eigenvalue weighted by Gasteiger charge is -2.12. The first-order valence-corrected chi connectivity index (χ1v) is 8.01. The molecule has 0 spiro atoms. The summed E-state index contributed by atoms with van der Waals surface area (Å²) in [6.45, 7) is 4.62. The van der Waals surface area contributed by atoms with Gasteiger partial charge in [0, 0.05) is 35.3 Å². The lowest BCUT2D eigenvalue weighted by molar-refractivity contribution is 0.0950. The predicted octanol–water partition coefficient (Wildman–Crippen LogP) is 3.33. The molecule has 0 aliphatic carbocycles. The number of nitrogens with two attached hydrogens (primary N) is 1. The van der Waals surface area contributed by atoms with Gasteiger partial charge in [-0.05, 0) is 25.0 Å². The first-order chi connectivity index (χ1) is 11.6. The largest absolute Gasteiger partial charge is 0.396 e. The summed E-state index contributed by atoms with van der Waals surface area (Å²) < 4.78 is 0. The van der Waals surface area contributed by atoms with E-state index in [0.717, 1.165) is 34.0 Å². The van der Waals surface area contributed by atoms with Gasteiger partial charge in [0.05, 0.1) is 11.4 Å². The van der Waals surface area contributed by atoms with Crippen LogP contribution in [0.25, 0.3) is 22.0 Å². The van der Waals surface area contributed by atoms with Crippen LogP contribution in [0.2, 0.25) is 0 Å². The van der Waals surface area contributed by atoms with Crippen molar-refractivity contribution >= 4 is 22.4 Å². The first kappa shape index (κ1) is 15.9. The fourth-order valence-corrected chi connectivity index (χ4v) is 2.74. The Morgan fingerprint density at radius 2 is 2.00 bits per heavy atom. The average molecular weight is 320 g/mol. The van der Waals surface area contributed by atoms with Gasteiger partial charge in [-0.15, -0.1) is 0 Å². The van der Waals surface area contributed by atoms with E-state index < -0.39 is 0 Å². The Balaban J connectivity index is 2.15. The smallest absolute Gasteiger partial charge is 0.272 e. The van der Waals surface area contributed by atoms with E-state index in [1.807, 2.05) is 44.2 Å². The number of hydrogen-bond acceptors (Lipinski definition) is 4. The molecule has 0 saturated carbocycles. The number of benzene rings is 1. The van der Waals surface area contributed by atoms with Crippen molar-refractivity contribution in [2.75, 3.05) is 12.3 Å². The van der Waals surface area contributed by atoms with Crippen molar-refractivity contribution in [3.05, 3.63) is 54.0 Å². The van der Waals surface area contributed by atoms with Crippen LogP contribution >= 0.6 is 0 Å². The van der Waals surface area contributed by atoms with E-state index in [1.54, 1.807) is 12.4 Å². The molecule has 3 N–H and O–H groups in total. The van der Waals surface area contributed by atoms with Gasteiger partial charge in [-0.3, -0.25) is 9.78 Å². The molecular formula is C19H20N4O. The molecule has 3 aromatic rings. The Morgan fingerprint density at radius 1 is 1.17 bits per heavy atom. The Labute approximate surface area is 140 Å². The summed E-state index contributed by atoms with van der Waals surface area (Å²) >= 11 is 0. The second-order valence-electron chi connectivity index (χ2n) is 5.71. The highest BCUT2D eigenvalue weighted by Crippen LogP contribution is 2.32. The summed E-state index contributed by atoms with van der Waals surface area (Å²) in [6, 6.07) is 9.76. The van der Waals surface area contributed by atoms with E-state index in [9.17, 15) is 4.79 Å². The number of fused-ring (bicyclic) bond motifs is 1. The lowest BCUT2D eigenvalue weighted by atomic mass is 9.99. The topological polar surface area (TPSA) is 80.9 Å². The maximum Gasteiger partial charge on any atom is 0.272 e. The van der Waals surface area contributed by atoms with Crippen LogP contribution in [0, 0.1) is 6.92 Å². The zero-order valence-electron chi connectivity index (χ0n) is 13.8. The van der Waals surface area contributed by atoms with Gasteiger partial charge in [-0.2, -0.15) is 0 Å². The number of amides is 1. The Bertz CT molecular complexity index is 905. The summed E-state index contributed by atoms with van der Waals surface area (Å²) in [5.74, 6) is -0.240. The summed E-state index contributed by atoms with van der Waals surface area (Å²) in [5.41, 5.74) is 9.84. The first-order valence-electron chi connectivity index (χ1n) is 8.01. The normalized spacial score (nSPS) is 10.8. The minimum Gasteiger partial charge on any atom is -0.396 e. The highest BCUT2D eigenvalue weighted by atomic mass is 16.1. The summed E-state index contributed by atoms with van der Waals surface area (Å²) in [5, 5.41) is 4.52. The molecule has 0 saturated heterocycles. The molecule has 0 radical (unpaired) electrons. The van der Waals surface area contributed by atoms with Gasteiger partial charge in [-0.25, -0.2) is 4.98 Å². The van der Waals surface area contributed by atoms with Crippen LogP contribution in [0.3, 0.4) is 0 Å². The zero-order valence-corrected chi connectivity index (χ0v) is 13.8. The Hall–Kier alpha value is -2.95. The van der Waals surface area contributed by atoms with Crippen molar-refractivity contribution in [3.8, 4) is 11.3 Å². The van der Waals surface area contributed by atoms with Crippen molar-refractivity contribution in [3.63, 3.8) is 0 Å². The molecule has 2 aromatic heterocycles. The summed E-state index contributed by atoms with van der Waals surface area (Å²) in [4.78, 5) is 21.0. The SMILES string of the molecule is CCCNC(=O)c1ncc2c(-c3ncccc3C)cccc2c1N. The monoisotopic (exact) mass is 320 g/mol. The lowest BCUT2D eigenvalue weighted by Crippen LogP contribution is -2.26. The number of rotatable bonds is 4. The van der Waals surface area contributed by atoms with Crippen molar-refractivity contribution in [2.24, 2.45) is 0 Å². The molecule has 24 heavy (non-hydrogen) atoms. The van der Waals surface area contributed by atoms with Crippen LogP contribution < -0.4 is 11.1 Å². The molecule has 5 heteroatoms. The van der Waals surface area contributed by atoms with Crippen LogP contribution in [0.15, 0.2) is 42.7 Å². The van der Waals surface area contributed by atoms with Gasteiger partial charge in [-0.1, -0.05) is 31.2 Å². The van der Waals surface area contributed by atoms with Gasteiger partial charge in [0.2, 0.25) is 0 Å². The van der Waals surface area contributed by atoms with Gasteiger partial charge >= 0.3 is 0 Å². The van der Waals surface area contributed by atoms with Crippen LogP contribution in [-0.4, -0.2) is 22.4 Å². The van der Waals surface area contributed by atoms with Crippen molar-refractivity contribution in [1.82, 2.24) is 15.3 Å². The third kappa shape index (κ3) is 2.80. The molecule has 0 atom stereocenters. The van der Waals surface area contributed by atoms with Gasteiger partial charge in [0.1, 0.15) is 0 Å². The maximum atomic E-state index is 12.2. The van der Waals surface area contributed by atoms with Crippen molar-refractivity contribution in [2.45, 2.75) is 20.3 Å². The molecule has 3 rings (SSSR count). The standard InChI is InChI=1S/C19H20N4O/c1-3-9-22-19(24)18-16(20)13-7-4-8-14(15(13)11-23-18)17-12(2)6-5-10-21-17/h4-8,10-11H,3,9,20H2,1-2H3,(H,22,24). The second kappa shape index (κ2) is 6.66. The van der Waals surface area contributed by atoms with Crippen LogP contribution in [-0.2, 0) is 0 Å². The Morgan fingerprint density at radius 3 is 2.75 bits per heavy atom. The van der Waals surface area contributed by atoms with E-state index in [2.05, 4.69) is 15.3 Å². The molecule has 0 bridgehead atoms. The van der Waals surface area contributed by atoms with Crippen molar-refractivity contribution < 1.29 is 4.79 Å². The van der Waals surface area contributed by atoms with Gasteiger partial charge < -0.3 is 11.1 Å². The molecule has 5 nitrogen and oxygen atoms in total. The number of pyridine rings is 2. The molecule has 122 valence electrons. The third-order valence-electron chi connectivity index (χ3n) is 3.99. The highest BCUT2D eigenvalue weighted by molar-refractivity contribution is 6.09. The number of anilines is 1. The van der Waals surface area contributed by atoms with E-state index in [0.29, 0.717) is 12.2 Å². The van der Waals surface area contributed by atoms with Crippen LogP contribution in [0.1, 0.15) is 29.4 Å². The van der Waals surface area contributed by atoms with E-state index in [4.69, 9.17) is 5.73 Å². The number of carbonyl (C=O) groups excluding carboxylic acids is 1. The number of nitrogen functional groups attached to an aromatic ring is 1. The zero-order chi connectivity index (χ0) is 17.1. The minimum absolute atomic E-state index is 0.240. The molecule has 0 unspecified atom stereocenters. The molecule has 1 amide bonds. The number of carbonyl (C=O) groups is 1. The van der Waals surface area contributed by atoms with Gasteiger partial charge in [0.25, 0.3) is 5.91 Å². The molecule has 0 aliphatic heterocycles. The molecule has 1 aromatic carbocycles. The van der Waals surface area contributed by atoms with E-state index >= 15 is 0 Å². The number of hydrogen-bond donors (Lipinski definition) is 2. The molecule has 0 aliphatic rings. The fourth-order valence-electron chi connectivity index (χ4n) is 2.74. The minimum atomic E-state index is -0.240. The highest BCUT2D eigenvalue weighted by Gasteiger charge is 2.16. The molecular weight excluding hydrogens is 300 g/mol. The number of nitrogens with zero attached hydrogens (tertiary/aromatic N) is 2. The Kier molecular flexibility index (Phi) is 4.42. The molecule has 2 heterocycles. The predicted molar refractivity (Wildman–Crippen MR) is 96.7 cm³/mol. The summed E-state index contributed by atoms with van der Waals surface area (Å²) in [7, 11) is 0. The maximum absolute atomic E-state index is 12.2. The van der Waals surface area contributed by atoms with Crippen LogP contribution in [0.5, 0.6) is 0 Å². The van der Waals surface area contributed by atoms with E-state index in [1.165, 1.54) is 0 Å². The van der Waals surface area contributed by atoms with Crippen LogP contribution in [0.4, 0.5) is 5.69 Å². The van der Waals surface area contributed by atoms with E-state index in [-0.39, 0.29) is 11.6 Å². The number of aromatic nitrogens is 2.